The van der Waals surface area contributed by atoms with Gasteiger partial charge in [0.05, 0.1) is 23.9 Å². The third-order valence-corrected chi connectivity index (χ3v) is 6.70. The first-order valence-corrected chi connectivity index (χ1v) is 11.7. The largest absolute Gasteiger partial charge is 0.497 e. The van der Waals surface area contributed by atoms with Crippen LogP contribution in [0.3, 0.4) is 0 Å². The van der Waals surface area contributed by atoms with Crippen molar-refractivity contribution in [3.8, 4) is 17.0 Å². The fraction of sp³-hybridized carbons (Fsp3) is 0.231. The Bertz CT molecular complexity index is 1240. The SMILES string of the molecule is COc1ccc(N2CCN(C(=O)c3cc(-c4ccsc4)nc4ccc(C)cc34)CC2)cc1. The predicted molar refractivity (Wildman–Crippen MR) is 131 cm³/mol. The van der Waals surface area contributed by atoms with Crippen molar-refractivity contribution in [1.82, 2.24) is 9.88 Å². The Morgan fingerprint density at radius 1 is 1.00 bits per heavy atom. The lowest BCUT2D eigenvalue weighted by atomic mass is 10.0. The molecule has 1 saturated heterocycles. The van der Waals surface area contributed by atoms with Crippen LogP contribution in [0.15, 0.2) is 65.4 Å². The van der Waals surface area contributed by atoms with Gasteiger partial charge in [-0.3, -0.25) is 4.79 Å². The molecule has 2 aromatic carbocycles. The van der Waals surface area contributed by atoms with E-state index >= 15 is 0 Å². The molecular weight excluding hydrogens is 418 g/mol. The number of ether oxygens (including phenoxy) is 1. The number of aromatic nitrogens is 1. The van der Waals surface area contributed by atoms with Crippen molar-refractivity contribution >= 4 is 33.8 Å². The van der Waals surface area contributed by atoms with Gasteiger partial charge in [-0.05, 0) is 60.8 Å². The first kappa shape index (κ1) is 20.5. The van der Waals surface area contributed by atoms with Gasteiger partial charge in [0.25, 0.3) is 5.91 Å². The van der Waals surface area contributed by atoms with Crippen LogP contribution in [0, 0.1) is 6.92 Å². The topological polar surface area (TPSA) is 45.7 Å². The Kier molecular flexibility index (Phi) is 5.53. The van der Waals surface area contributed by atoms with E-state index in [1.165, 1.54) is 0 Å². The van der Waals surface area contributed by atoms with E-state index in [0.717, 1.165) is 57.8 Å². The van der Waals surface area contributed by atoms with E-state index in [1.807, 2.05) is 41.5 Å². The number of carbonyl (C=O) groups is 1. The standard InChI is InChI=1S/C26H25N3O2S/c1-18-3-8-24-22(15-18)23(16-25(27-24)19-9-14-32-17-19)26(30)29-12-10-28(11-13-29)20-4-6-21(31-2)7-5-20/h3-9,14-17H,10-13H2,1-2H3. The molecule has 0 atom stereocenters. The lowest BCUT2D eigenvalue weighted by Crippen LogP contribution is -2.48. The Morgan fingerprint density at radius 3 is 2.47 bits per heavy atom. The zero-order valence-corrected chi connectivity index (χ0v) is 19.1. The van der Waals surface area contributed by atoms with Gasteiger partial charge in [0, 0.05) is 48.2 Å². The summed E-state index contributed by atoms with van der Waals surface area (Å²) in [6.45, 7) is 5.03. The van der Waals surface area contributed by atoms with E-state index in [9.17, 15) is 4.79 Å². The lowest BCUT2D eigenvalue weighted by molar-refractivity contribution is 0.0748. The van der Waals surface area contributed by atoms with Crippen LogP contribution in [0.5, 0.6) is 5.75 Å². The number of nitrogens with zero attached hydrogens (tertiary/aromatic N) is 3. The maximum absolute atomic E-state index is 13.6. The molecule has 6 heteroatoms. The van der Waals surface area contributed by atoms with E-state index in [4.69, 9.17) is 9.72 Å². The molecule has 0 bridgehead atoms. The smallest absolute Gasteiger partial charge is 0.254 e. The Labute approximate surface area is 191 Å². The van der Waals surface area contributed by atoms with Crippen LogP contribution in [-0.2, 0) is 0 Å². The van der Waals surface area contributed by atoms with Crippen molar-refractivity contribution in [3.05, 3.63) is 76.5 Å². The number of carbonyl (C=O) groups excluding carboxylic acids is 1. The van der Waals surface area contributed by atoms with Gasteiger partial charge in [-0.2, -0.15) is 11.3 Å². The number of thiophene rings is 1. The molecule has 0 radical (unpaired) electrons. The number of rotatable bonds is 4. The van der Waals surface area contributed by atoms with Crippen LogP contribution < -0.4 is 9.64 Å². The van der Waals surface area contributed by atoms with Gasteiger partial charge < -0.3 is 14.5 Å². The second-order valence-corrected chi connectivity index (χ2v) is 8.84. The van der Waals surface area contributed by atoms with Gasteiger partial charge in [0.2, 0.25) is 0 Å². The molecule has 0 saturated carbocycles. The molecule has 0 aliphatic carbocycles. The second kappa shape index (κ2) is 8.63. The number of hydrogen-bond donors (Lipinski definition) is 0. The summed E-state index contributed by atoms with van der Waals surface area (Å²) in [7, 11) is 1.67. The Morgan fingerprint density at radius 2 is 1.78 bits per heavy atom. The highest BCUT2D eigenvalue weighted by Gasteiger charge is 2.24. The number of benzene rings is 2. The molecule has 162 valence electrons. The van der Waals surface area contributed by atoms with Crippen LogP contribution in [-0.4, -0.2) is 49.1 Å². The summed E-state index contributed by atoms with van der Waals surface area (Å²) in [5.41, 5.74) is 5.78. The molecule has 32 heavy (non-hydrogen) atoms. The minimum atomic E-state index is 0.0776. The predicted octanol–water partition coefficient (Wildman–Crippen LogP) is 5.24. The normalized spacial score (nSPS) is 14.1. The molecule has 0 N–H and O–H groups in total. The average molecular weight is 444 g/mol. The quantitative estimate of drug-likeness (QED) is 0.433. The van der Waals surface area contributed by atoms with Crippen LogP contribution >= 0.6 is 11.3 Å². The molecule has 0 spiro atoms. The summed E-state index contributed by atoms with van der Waals surface area (Å²) < 4.78 is 5.26. The van der Waals surface area contributed by atoms with E-state index in [2.05, 4.69) is 40.6 Å². The minimum absolute atomic E-state index is 0.0776. The third kappa shape index (κ3) is 3.94. The van der Waals surface area contributed by atoms with E-state index in [0.29, 0.717) is 13.1 Å². The fourth-order valence-electron chi connectivity index (χ4n) is 4.21. The monoisotopic (exact) mass is 443 g/mol. The number of anilines is 1. The summed E-state index contributed by atoms with van der Waals surface area (Å²) in [4.78, 5) is 22.8. The van der Waals surface area contributed by atoms with Gasteiger partial charge >= 0.3 is 0 Å². The number of aryl methyl sites for hydroxylation is 1. The van der Waals surface area contributed by atoms with Gasteiger partial charge in [0.15, 0.2) is 0 Å². The molecule has 1 amide bonds. The van der Waals surface area contributed by atoms with E-state index in [-0.39, 0.29) is 5.91 Å². The molecule has 2 aromatic heterocycles. The zero-order valence-electron chi connectivity index (χ0n) is 18.2. The molecule has 5 rings (SSSR count). The second-order valence-electron chi connectivity index (χ2n) is 8.06. The van der Waals surface area contributed by atoms with Crippen LogP contribution in [0.1, 0.15) is 15.9 Å². The van der Waals surface area contributed by atoms with Gasteiger partial charge in [0.1, 0.15) is 5.75 Å². The summed E-state index contributed by atoms with van der Waals surface area (Å²) >= 11 is 1.64. The molecule has 4 aromatic rings. The Hall–Kier alpha value is -3.38. The number of piperazine rings is 1. The highest BCUT2D eigenvalue weighted by atomic mass is 32.1. The molecular formula is C26H25N3O2S. The van der Waals surface area contributed by atoms with Crippen molar-refractivity contribution in [1.29, 1.82) is 0 Å². The van der Waals surface area contributed by atoms with E-state index < -0.39 is 0 Å². The summed E-state index contributed by atoms with van der Waals surface area (Å²) in [6, 6.07) is 18.2. The van der Waals surface area contributed by atoms with Gasteiger partial charge in [-0.1, -0.05) is 11.6 Å². The Balaban J connectivity index is 1.41. The molecule has 1 aliphatic heterocycles. The van der Waals surface area contributed by atoms with Gasteiger partial charge in [-0.25, -0.2) is 4.98 Å². The maximum Gasteiger partial charge on any atom is 0.254 e. The first-order valence-electron chi connectivity index (χ1n) is 10.7. The van der Waals surface area contributed by atoms with Crippen molar-refractivity contribution < 1.29 is 9.53 Å². The minimum Gasteiger partial charge on any atom is -0.497 e. The summed E-state index contributed by atoms with van der Waals surface area (Å²) in [5, 5.41) is 5.03. The number of hydrogen-bond acceptors (Lipinski definition) is 5. The maximum atomic E-state index is 13.6. The van der Waals surface area contributed by atoms with Crippen molar-refractivity contribution in [2.75, 3.05) is 38.2 Å². The molecule has 0 unspecified atom stereocenters. The van der Waals surface area contributed by atoms with Crippen molar-refractivity contribution in [3.63, 3.8) is 0 Å². The molecule has 3 heterocycles. The molecule has 5 nitrogen and oxygen atoms in total. The van der Waals surface area contributed by atoms with Crippen LogP contribution in [0.4, 0.5) is 5.69 Å². The summed E-state index contributed by atoms with van der Waals surface area (Å²) in [5.74, 6) is 0.928. The number of amides is 1. The lowest BCUT2D eigenvalue weighted by Gasteiger charge is -2.36. The number of pyridine rings is 1. The number of methoxy groups -OCH3 is 1. The molecule has 1 fully saturated rings. The average Bonchev–Trinajstić information content (AvgIpc) is 3.38. The fourth-order valence-corrected chi connectivity index (χ4v) is 4.86. The van der Waals surface area contributed by atoms with E-state index in [1.54, 1.807) is 18.4 Å². The number of fused-ring (bicyclic) bond motifs is 1. The summed E-state index contributed by atoms with van der Waals surface area (Å²) in [6.07, 6.45) is 0. The highest BCUT2D eigenvalue weighted by Crippen LogP contribution is 2.28. The third-order valence-electron chi connectivity index (χ3n) is 6.02. The van der Waals surface area contributed by atoms with Crippen LogP contribution in [0.25, 0.3) is 22.2 Å². The molecule has 1 aliphatic rings. The first-order chi connectivity index (χ1) is 15.6. The van der Waals surface area contributed by atoms with Gasteiger partial charge in [-0.15, -0.1) is 0 Å². The zero-order chi connectivity index (χ0) is 22.1. The van der Waals surface area contributed by atoms with Crippen molar-refractivity contribution in [2.24, 2.45) is 0 Å². The highest BCUT2D eigenvalue weighted by molar-refractivity contribution is 7.08. The van der Waals surface area contributed by atoms with Crippen molar-refractivity contribution in [2.45, 2.75) is 6.92 Å². The van der Waals surface area contributed by atoms with Crippen LogP contribution in [0.2, 0.25) is 0 Å².